The van der Waals surface area contributed by atoms with Crippen LogP contribution in [-0.2, 0) is 9.47 Å². The van der Waals surface area contributed by atoms with Crippen molar-refractivity contribution in [2.45, 2.75) is 72.1 Å². The normalized spacial score (nSPS) is 31.2. The molecule has 5 nitrogen and oxygen atoms in total. The van der Waals surface area contributed by atoms with Crippen molar-refractivity contribution in [3.63, 3.8) is 0 Å². The smallest absolute Gasteiger partial charge is 0.410 e. The molecule has 0 spiro atoms. The molecule has 1 aliphatic heterocycles. The highest BCUT2D eigenvalue weighted by atomic mass is 16.6. The van der Waals surface area contributed by atoms with Gasteiger partial charge in [0.1, 0.15) is 5.60 Å². The molecular formula is C18H34N2O3. The van der Waals surface area contributed by atoms with Gasteiger partial charge < -0.3 is 14.8 Å². The number of carbonyl (C=O) groups excluding carboxylic acids is 1. The van der Waals surface area contributed by atoms with E-state index in [1.165, 1.54) is 12.8 Å². The summed E-state index contributed by atoms with van der Waals surface area (Å²) in [6.45, 7) is 15.2. The molecule has 0 bridgehead atoms. The van der Waals surface area contributed by atoms with E-state index in [1.54, 1.807) is 0 Å². The minimum Gasteiger partial charge on any atom is -0.444 e. The number of rotatable bonds is 3. The van der Waals surface area contributed by atoms with E-state index in [-0.39, 0.29) is 12.1 Å². The van der Waals surface area contributed by atoms with Crippen molar-refractivity contribution >= 4 is 6.09 Å². The summed E-state index contributed by atoms with van der Waals surface area (Å²) in [7, 11) is 0. The highest BCUT2D eigenvalue weighted by molar-refractivity contribution is 5.68. The number of nitrogens with zero attached hydrogens (tertiary/aromatic N) is 1. The fraction of sp³-hybridized carbons (Fsp3) is 0.944. The Labute approximate surface area is 141 Å². The van der Waals surface area contributed by atoms with Crippen LogP contribution in [0.1, 0.15) is 54.4 Å². The first-order chi connectivity index (χ1) is 10.6. The van der Waals surface area contributed by atoms with Crippen LogP contribution in [0.25, 0.3) is 0 Å². The van der Waals surface area contributed by atoms with Gasteiger partial charge in [-0.2, -0.15) is 0 Å². The lowest BCUT2D eigenvalue weighted by Gasteiger charge is -2.37. The van der Waals surface area contributed by atoms with Crippen LogP contribution in [0.5, 0.6) is 0 Å². The largest absolute Gasteiger partial charge is 0.444 e. The second-order valence-corrected chi connectivity index (χ2v) is 8.97. The minimum absolute atomic E-state index is 0.0505. The summed E-state index contributed by atoms with van der Waals surface area (Å²) in [5.41, 5.74) is -0.0532. The van der Waals surface area contributed by atoms with Gasteiger partial charge in [0.05, 0.1) is 19.3 Å². The van der Waals surface area contributed by atoms with Gasteiger partial charge in [-0.25, -0.2) is 4.79 Å². The predicted molar refractivity (Wildman–Crippen MR) is 91.5 cm³/mol. The third-order valence-corrected chi connectivity index (χ3v) is 4.81. The summed E-state index contributed by atoms with van der Waals surface area (Å²) < 4.78 is 11.1. The number of hydrogen-bond acceptors (Lipinski definition) is 4. The van der Waals surface area contributed by atoms with Crippen molar-refractivity contribution in [2.24, 2.45) is 11.3 Å². The lowest BCUT2D eigenvalue weighted by Crippen LogP contribution is -2.55. The van der Waals surface area contributed by atoms with Crippen molar-refractivity contribution < 1.29 is 14.3 Å². The van der Waals surface area contributed by atoms with E-state index in [2.05, 4.69) is 26.1 Å². The van der Waals surface area contributed by atoms with Gasteiger partial charge in [0, 0.05) is 19.1 Å². The molecule has 2 aliphatic rings. The molecule has 1 N–H and O–H groups in total. The number of hydrogen-bond donors (Lipinski definition) is 1. The fourth-order valence-electron chi connectivity index (χ4n) is 3.84. The number of nitrogens with one attached hydrogen (secondary N) is 1. The Morgan fingerprint density at radius 2 is 2.04 bits per heavy atom. The number of morpholine rings is 1. The molecule has 3 atom stereocenters. The summed E-state index contributed by atoms with van der Waals surface area (Å²) in [4.78, 5) is 14.2. The Kier molecular flexibility index (Phi) is 5.62. The van der Waals surface area contributed by atoms with E-state index in [0.29, 0.717) is 37.1 Å². The third-order valence-electron chi connectivity index (χ3n) is 4.81. The van der Waals surface area contributed by atoms with Crippen LogP contribution in [0.15, 0.2) is 0 Å². The second kappa shape index (κ2) is 6.98. The third kappa shape index (κ3) is 5.35. The zero-order chi connectivity index (χ0) is 17.3. The lowest BCUT2D eigenvalue weighted by atomic mass is 9.91. The highest BCUT2D eigenvalue weighted by Gasteiger charge is 2.37. The van der Waals surface area contributed by atoms with Crippen molar-refractivity contribution in [3.05, 3.63) is 0 Å². The van der Waals surface area contributed by atoms with Gasteiger partial charge in [-0.3, -0.25) is 4.90 Å². The molecular weight excluding hydrogens is 292 g/mol. The average molecular weight is 326 g/mol. The predicted octanol–water partition coefficient (Wildman–Crippen LogP) is 3.04. The monoisotopic (exact) mass is 326 g/mol. The molecule has 0 aromatic rings. The molecule has 0 radical (unpaired) electrons. The minimum atomic E-state index is -0.461. The van der Waals surface area contributed by atoms with E-state index < -0.39 is 5.60 Å². The molecule has 1 saturated carbocycles. The van der Waals surface area contributed by atoms with E-state index in [9.17, 15) is 4.79 Å². The summed E-state index contributed by atoms with van der Waals surface area (Å²) in [5.74, 6) is 0.671. The van der Waals surface area contributed by atoms with Gasteiger partial charge >= 0.3 is 6.09 Å². The Bertz CT molecular complexity index is 417. The van der Waals surface area contributed by atoms with E-state index >= 15 is 0 Å². The van der Waals surface area contributed by atoms with Crippen molar-refractivity contribution in [3.8, 4) is 0 Å². The first-order valence-electron chi connectivity index (χ1n) is 8.88. The lowest BCUT2D eigenvalue weighted by molar-refractivity contribution is -0.0324. The molecule has 134 valence electrons. The van der Waals surface area contributed by atoms with Gasteiger partial charge in [-0.1, -0.05) is 20.8 Å². The number of amides is 1. The number of ether oxygens (including phenoxy) is 2. The molecule has 1 heterocycles. The highest BCUT2D eigenvalue weighted by Crippen LogP contribution is 2.40. The summed E-state index contributed by atoms with van der Waals surface area (Å²) in [6, 6.07) is 0.571. The van der Waals surface area contributed by atoms with Gasteiger partial charge in [0.2, 0.25) is 0 Å². The molecule has 2 rings (SSSR count). The topological polar surface area (TPSA) is 50.8 Å². The second-order valence-electron chi connectivity index (χ2n) is 8.97. The van der Waals surface area contributed by atoms with Crippen LogP contribution in [0.4, 0.5) is 4.79 Å². The Balaban J connectivity index is 1.90. The van der Waals surface area contributed by atoms with E-state index in [1.807, 2.05) is 25.7 Å². The summed E-state index contributed by atoms with van der Waals surface area (Å²) in [5, 5.41) is 3.67. The molecule has 0 aromatic heterocycles. The average Bonchev–Trinajstić information content (AvgIpc) is 2.67. The molecule has 0 aromatic carbocycles. The quantitative estimate of drug-likeness (QED) is 0.866. The summed E-state index contributed by atoms with van der Waals surface area (Å²) >= 11 is 0. The summed E-state index contributed by atoms with van der Waals surface area (Å²) in [6.07, 6.45) is 2.21. The first kappa shape index (κ1) is 18.5. The standard InChI is InChI=1S/C18H34N2O3/c1-13-9-18(5,6)10-15(13)19-11-14-12-22-8-7-20(14)16(21)23-17(2,3)4/h13-15,19H,7-12H2,1-6H3. The molecule has 1 aliphatic carbocycles. The van der Waals surface area contributed by atoms with Crippen LogP contribution in [0.3, 0.4) is 0 Å². The number of carbonyl (C=O) groups is 1. The first-order valence-corrected chi connectivity index (χ1v) is 8.88. The Hall–Kier alpha value is -0.810. The van der Waals surface area contributed by atoms with Crippen molar-refractivity contribution in [2.75, 3.05) is 26.3 Å². The van der Waals surface area contributed by atoms with Crippen LogP contribution in [0.2, 0.25) is 0 Å². The molecule has 1 saturated heterocycles. The van der Waals surface area contributed by atoms with Crippen molar-refractivity contribution in [1.82, 2.24) is 10.2 Å². The Morgan fingerprint density at radius 3 is 2.61 bits per heavy atom. The SMILES string of the molecule is CC1CC(C)(C)CC1NCC1COCCN1C(=O)OC(C)(C)C. The maximum atomic E-state index is 12.4. The van der Waals surface area contributed by atoms with Crippen LogP contribution in [-0.4, -0.2) is 55.0 Å². The molecule has 23 heavy (non-hydrogen) atoms. The molecule has 2 fully saturated rings. The maximum absolute atomic E-state index is 12.4. The van der Waals surface area contributed by atoms with Gasteiger partial charge in [-0.15, -0.1) is 0 Å². The zero-order valence-electron chi connectivity index (χ0n) is 15.6. The van der Waals surface area contributed by atoms with Gasteiger partial charge in [-0.05, 0) is 44.9 Å². The van der Waals surface area contributed by atoms with E-state index in [0.717, 1.165) is 6.54 Å². The van der Waals surface area contributed by atoms with Crippen LogP contribution >= 0.6 is 0 Å². The zero-order valence-corrected chi connectivity index (χ0v) is 15.6. The van der Waals surface area contributed by atoms with Gasteiger partial charge in [0.15, 0.2) is 0 Å². The fourth-order valence-corrected chi connectivity index (χ4v) is 3.84. The van der Waals surface area contributed by atoms with Gasteiger partial charge in [0.25, 0.3) is 0 Å². The Morgan fingerprint density at radius 1 is 1.35 bits per heavy atom. The van der Waals surface area contributed by atoms with Crippen LogP contribution in [0, 0.1) is 11.3 Å². The maximum Gasteiger partial charge on any atom is 0.410 e. The van der Waals surface area contributed by atoms with E-state index in [4.69, 9.17) is 9.47 Å². The van der Waals surface area contributed by atoms with Crippen LogP contribution < -0.4 is 5.32 Å². The molecule has 3 unspecified atom stereocenters. The van der Waals surface area contributed by atoms with Crippen molar-refractivity contribution in [1.29, 1.82) is 0 Å². The molecule has 5 heteroatoms. The molecule has 1 amide bonds.